The number of hydrogen-bond acceptors (Lipinski definition) is 3. The molecule has 1 saturated carbocycles. The summed E-state index contributed by atoms with van der Waals surface area (Å²) in [5.74, 6) is 2.27. The van der Waals surface area contributed by atoms with Gasteiger partial charge in [0.05, 0.1) is 14.2 Å². The topological polar surface area (TPSA) is 35.5 Å². The molecule has 1 atom stereocenters. The molecule has 0 unspecified atom stereocenters. The third-order valence-electron chi connectivity index (χ3n) is 3.58. The van der Waals surface area contributed by atoms with Gasteiger partial charge < -0.3 is 9.47 Å². The summed E-state index contributed by atoms with van der Waals surface area (Å²) in [5.41, 5.74) is 1.15. The van der Waals surface area contributed by atoms with Gasteiger partial charge in [-0.3, -0.25) is 4.79 Å². The van der Waals surface area contributed by atoms with Gasteiger partial charge in [0.1, 0.15) is 17.3 Å². The Labute approximate surface area is 108 Å². The van der Waals surface area contributed by atoms with Crippen LogP contribution in [0.15, 0.2) is 18.2 Å². The highest BCUT2D eigenvalue weighted by atomic mass is 16.5. The molecule has 1 aliphatic carbocycles. The van der Waals surface area contributed by atoms with E-state index >= 15 is 0 Å². The van der Waals surface area contributed by atoms with Gasteiger partial charge in [-0.1, -0.05) is 6.42 Å². The van der Waals surface area contributed by atoms with Gasteiger partial charge in [0.25, 0.3) is 0 Å². The second-order valence-corrected chi connectivity index (χ2v) is 4.83. The molecule has 0 N–H and O–H groups in total. The lowest BCUT2D eigenvalue weighted by Gasteiger charge is -2.16. The second-order valence-electron chi connectivity index (χ2n) is 4.83. The molecule has 0 aliphatic heterocycles. The number of carbonyl (C=O) groups is 1. The summed E-state index contributed by atoms with van der Waals surface area (Å²) < 4.78 is 10.6. The lowest BCUT2D eigenvalue weighted by Crippen LogP contribution is -2.04. The van der Waals surface area contributed by atoms with Crippen LogP contribution in [0.5, 0.6) is 11.5 Å². The Morgan fingerprint density at radius 1 is 1.06 bits per heavy atom. The van der Waals surface area contributed by atoms with Crippen molar-refractivity contribution in [1.29, 1.82) is 0 Å². The summed E-state index contributed by atoms with van der Waals surface area (Å²) >= 11 is 0. The Balaban J connectivity index is 2.27. The van der Waals surface area contributed by atoms with Crippen LogP contribution in [-0.2, 0) is 4.79 Å². The van der Waals surface area contributed by atoms with E-state index in [1.165, 1.54) is 0 Å². The molecule has 1 aliphatic rings. The minimum absolute atomic E-state index is 0.309. The van der Waals surface area contributed by atoms with Crippen LogP contribution < -0.4 is 9.47 Å². The van der Waals surface area contributed by atoms with Gasteiger partial charge in [-0.15, -0.1) is 0 Å². The highest BCUT2D eigenvalue weighted by Gasteiger charge is 2.20. The van der Waals surface area contributed by atoms with E-state index in [0.717, 1.165) is 42.7 Å². The molecule has 0 radical (unpaired) electrons. The molecule has 1 aromatic carbocycles. The first kappa shape index (κ1) is 12.9. The zero-order valence-electron chi connectivity index (χ0n) is 11.1. The minimum atomic E-state index is 0.309. The van der Waals surface area contributed by atoms with E-state index in [-0.39, 0.29) is 0 Å². The summed E-state index contributed by atoms with van der Waals surface area (Å²) in [5, 5.41) is 0. The van der Waals surface area contributed by atoms with E-state index in [4.69, 9.17) is 9.47 Å². The summed E-state index contributed by atoms with van der Waals surface area (Å²) in [4.78, 5) is 11.7. The van der Waals surface area contributed by atoms with Crippen LogP contribution in [0.1, 0.15) is 43.6 Å². The van der Waals surface area contributed by atoms with Crippen molar-refractivity contribution in [2.45, 2.75) is 38.0 Å². The van der Waals surface area contributed by atoms with Crippen molar-refractivity contribution >= 4 is 5.78 Å². The van der Waals surface area contributed by atoms with Gasteiger partial charge in [0.2, 0.25) is 0 Å². The van der Waals surface area contributed by atoms with Crippen LogP contribution in [0.3, 0.4) is 0 Å². The molecule has 0 bridgehead atoms. The fraction of sp³-hybridized carbons (Fsp3) is 0.533. The van der Waals surface area contributed by atoms with Gasteiger partial charge in [-0.25, -0.2) is 0 Å². The van der Waals surface area contributed by atoms with E-state index in [1.807, 2.05) is 18.2 Å². The maximum Gasteiger partial charge on any atom is 0.133 e. The quantitative estimate of drug-likeness (QED) is 0.770. The summed E-state index contributed by atoms with van der Waals surface area (Å²) in [6.45, 7) is 0. The Kier molecular flexibility index (Phi) is 4.24. The Morgan fingerprint density at radius 3 is 2.33 bits per heavy atom. The largest absolute Gasteiger partial charge is 0.497 e. The molecule has 2 rings (SSSR count). The zero-order valence-corrected chi connectivity index (χ0v) is 11.1. The fourth-order valence-corrected chi connectivity index (χ4v) is 2.54. The first-order valence-corrected chi connectivity index (χ1v) is 6.47. The Hall–Kier alpha value is -1.51. The predicted molar refractivity (Wildman–Crippen MR) is 70.4 cm³/mol. The number of benzene rings is 1. The molecule has 0 aromatic heterocycles. The molecule has 0 spiro atoms. The molecule has 0 heterocycles. The number of rotatable bonds is 3. The van der Waals surface area contributed by atoms with Crippen molar-refractivity contribution in [1.82, 2.24) is 0 Å². The van der Waals surface area contributed by atoms with Gasteiger partial charge in [0, 0.05) is 18.9 Å². The van der Waals surface area contributed by atoms with Gasteiger partial charge >= 0.3 is 0 Å². The first-order chi connectivity index (χ1) is 8.72. The van der Waals surface area contributed by atoms with Crippen LogP contribution >= 0.6 is 0 Å². The number of ketones is 1. The molecule has 18 heavy (non-hydrogen) atoms. The van der Waals surface area contributed by atoms with Crippen molar-refractivity contribution in [2.75, 3.05) is 14.2 Å². The maximum absolute atomic E-state index is 11.7. The van der Waals surface area contributed by atoms with Crippen molar-refractivity contribution in [3.63, 3.8) is 0 Å². The fourth-order valence-electron chi connectivity index (χ4n) is 2.54. The molecular weight excluding hydrogens is 228 g/mol. The number of methoxy groups -OCH3 is 2. The molecule has 1 aromatic rings. The Bertz CT molecular complexity index is 403. The molecule has 3 nitrogen and oxygen atoms in total. The number of hydrogen-bond donors (Lipinski definition) is 0. The molecule has 0 saturated heterocycles. The number of ether oxygens (including phenoxy) is 2. The highest BCUT2D eigenvalue weighted by Crippen LogP contribution is 2.34. The summed E-state index contributed by atoms with van der Waals surface area (Å²) in [6.07, 6.45) is 4.60. The Morgan fingerprint density at radius 2 is 1.72 bits per heavy atom. The monoisotopic (exact) mass is 248 g/mol. The summed E-state index contributed by atoms with van der Waals surface area (Å²) in [6, 6.07) is 5.90. The van der Waals surface area contributed by atoms with Gasteiger partial charge in [-0.05, 0) is 36.5 Å². The molecule has 0 amide bonds. The predicted octanol–water partition coefficient (Wildman–Crippen LogP) is 3.32. The van der Waals surface area contributed by atoms with Crippen molar-refractivity contribution in [3.05, 3.63) is 23.8 Å². The van der Waals surface area contributed by atoms with Crippen molar-refractivity contribution in [3.8, 4) is 11.5 Å². The van der Waals surface area contributed by atoms with Crippen LogP contribution in [0.4, 0.5) is 0 Å². The third kappa shape index (κ3) is 3.03. The van der Waals surface area contributed by atoms with Crippen LogP contribution in [0, 0.1) is 0 Å². The third-order valence-corrected chi connectivity index (χ3v) is 3.58. The normalized spacial score (nSPS) is 20.3. The molecule has 1 fully saturated rings. The van der Waals surface area contributed by atoms with Crippen LogP contribution in [-0.4, -0.2) is 20.0 Å². The van der Waals surface area contributed by atoms with E-state index < -0.39 is 0 Å². The van der Waals surface area contributed by atoms with Crippen molar-refractivity contribution in [2.24, 2.45) is 0 Å². The minimum Gasteiger partial charge on any atom is -0.497 e. The maximum atomic E-state index is 11.7. The van der Waals surface area contributed by atoms with Crippen molar-refractivity contribution < 1.29 is 14.3 Å². The average molecular weight is 248 g/mol. The van der Waals surface area contributed by atoms with E-state index in [0.29, 0.717) is 18.1 Å². The van der Waals surface area contributed by atoms with Crippen LogP contribution in [0.2, 0.25) is 0 Å². The molecule has 98 valence electrons. The highest BCUT2D eigenvalue weighted by molar-refractivity contribution is 5.79. The molecule has 3 heteroatoms. The second kappa shape index (κ2) is 5.89. The molecular formula is C15H20O3. The zero-order chi connectivity index (χ0) is 13.0. The number of carbonyl (C=O) groups excluding carboxylic acids is 1. The average Bonchev–Trinajstić information content (AvgIpc) is 2.62. The number of Topliss-reactive ketones (excluding diaryl/α,β-unsaturated/α-hetero) is 1. The van der Waals surface area contributed by atoms with E-state index in [1.54, 1.807) is 14.2 Å². The van der Waals surface area contributed by atoms with E-state index in [9.17, 15) is 4.79 Å². The van der Waals surface area contributed by atoms with Gasteiger partial charge in [0.15, 0.2) is 0 Å². The smallest absolute Gasteiger partial charge is 0.133 e. The standard InChI is InChI=1S/C15H20O3/c1-17-14-8-12(9-15(10-14)18-2)11-5-3-4-6-13(16)7-11/h8-11H,3-7H2,1-2H3/t11-/m1/s1. The van der Waals surface area contributed by atoms with Gasteiger partial charge in [-0.2, -0.15) is 0 Å². The van der Waals surface area contributed by atoms with Crippen LogP contribution in [0.25, 0.3) is 0 Å². The summed E-state index contributed by atoms with van der Waals surface area (Å²) in [7, 11) is 3.30. The first-order valence-electron chi connectivity index (χ1n) is 6.47. The lowest BCUT2D eigenvalue weighted by molar-refractivity contribution is -0.119. The SMILES string of the molecule is COc1cc(OC)cc([C@@H]2CCCCC(=O)C2)c1. The van der Waals surface area contributed by atoms with E-state index in [2.05, 4.69) is 0 Å². The lowest BCUT2D eigenvalue weighted by atomic mass is 9.91.